The molecule has 0 saturated heterocycles. The quantitative estimate of drug-likeness (QED) is 0.871. The van der Waals surface area contributed by atoms with Crippen LogP contribution in [0.25, 0.3) is 0 Å². The molecule has 0 aliphatic carbocycles. The first kappa shape index (κ1) is 13.7. The molecule has 20 heavy (non-hydrogen) atoms. The number of aromatic nitrogens is 2. The van der Waals surface area contributed by atoms with E-state index in [0.29, 0.717) is 17.1 Å². The van der Waals surface area contributed by atoms with Crippen LogP contribution in [0.3, 0.4) is 0 Å². The maximum atomic E-state index is 11.8. The Morgan fingerprint density at radius 2 is 2.15 bits per heavy atom. The highest BCUT2D eigenvalue weighted by molar-refractivity contribution is 5.87. The van der Waals surface area contributed by atoms with E-state index < -0.39 is 6.09 Å². The van der Waals surface area contributed by atoms with Gasteiger partial charge in [0.25, 0.3) is 0 Å². The van der Waals surface area contributed by atoms with E-state index in [1.165, 1.54) is 0 Å². The molecule has 0 saturated carbocycles. The molecule has 0 aliphatic heterocycles. The SMILES string of the molecule is C#Cc1c(NC(=O)OCc2ccccc2)c(C)nn1C. The van der Waals surface area contributed by atoms with Crippen molar-refractivity contribution in [1.82, 2.24) is 9.78 Å². The van der Waals surface area contributed by atoms with Gasteiger partial charge < -0.3 is 4.74 Å². The van der Waals surface area contributed by atoms with Gasteiger partial charge in [-0.25, -0.2) is 4.79 Å². The number of nitrogens with one attached hydrogen (secondary N) is 1. The molecule has 2 rings (SSSR count). The molecule has 5 heteroatoms. The number of hydrogen-bond acceptors (Lipinski definition) is 3. The van der Waals surface area contributed by atoms with Crippen LogP contribution in [0.1, 0.15) is 17.0 Å². The fraction of sp³-hybridized carbons (Fsp3) is 0.200. The smallest absolute Gasteiger partial charge is 0.412 e. The summed E-state index contributed by atoms with van der Waals surface area (Å²) in [6.45, 7) is 1.98. The molecule has 0 atom stereocenters. The predicted molar refractivity (Wildman–Crippen MR) is 76.1 cm³/mol. The lowest BCUT2D eigenvalue weighted by Crippen LogP contribution is -2.14. The Hall–Kier alpha value is -2.74. The molecule has 102 valence electrons. The Kier molecular flexibility index (Phi) is 4.06. The van der Waals surface area contributed by atoms with Crippen molar-refractivity contribution >= 4 is 11.8 Å². The van der Waals surface area contributed by atoms with Gasteiger partial charge in [0, 0.05) is 7.05 Å². The third kappa shape index (κ3) is 2.98. The van der Waals surface area contributed by atoms with Gasteiger partial charge in [-0.15, -0.1) is 6.42 Å². The predicted octanol–water partition coefficient (Wildman–Crippen LogP) is 2.46. The largest absolute Gasteiger partial charge is 0.444 e. The molecule has 1 heterocycles. The zero-order chi connectivity index (χ0) is 14.5. The lowest BCUT2D eigenvalue weighted by Gasteiger charge is -2.07. The van der Waals surface area contributed by atoms with Gasteiger partial charge in [-0.1, -0.05) is 30.3 Å². The van der Waals surface area contributed by atoms with E-state index in [1.54, 1.807) is 18.7 Å². The maximum Gasteiger partial charge on any atom is 0.412 e. The number of ether oxygens (including phenoxy) is 1. The van der Waals surface area contributed by atoms with Crippen molar-refractivity contribution in [3.63, 3.8) is 0 Å². The summed E-state index contributed by atoms with van der Waals surface area (Å²) in [4.78, 5) is 11.8. The molecule has 5 nitrogen and oxygen atoms in total. The molecular formula is C15H15N3O2. The van der Waals surface area contributed by atoms with E-state index in [9.17, 15) is 4.79 Å². The molecule has 0 aliphatic rings. The average molecular weight is 269 g/mol. The summed E-state index contributed by atoms with van der Waals surface area (Å²) < 4.78 is 6.68. The first-order valence-corrected chi connectivity index (χ1v) is 6.09. The van der Waals surface area contributed by atoms with Crippen LogP contribution in [0.2, 0.25) is 0 Å². The van der Waals surface area contributed by atoms with Crippen LogP contribution in [0, 0.1) is 19.3 Å². The van der Waals surface area contributed by atoms with Crippen LogP contribution in [-0.4, -0.2) is 15.9 Å². The maximum absolute atomic E-state index is 11.8. The highest BCUT2D eigenvalue weighted by atomic mass is 16.5. The summed E-state index contributed by atoms with van der Waals surface area (Å²) in [7, 11) is 1.72. The zero-order valence-corrected chi connectivity index (χ0v) is 11.4. The van der Waals surface area contributed by atoms with Crippen molar-refractivity contribution in [1.29, 1.82) is 0 Å². The van der Waals surface area contributed by atoms with Crippen molar-refractivity contribution < 1.29 is 9.53 Å². The molecule has 0 radical (unpaired) electrons. The summed E-state index contributed by atoms with van der Waals surface area (Å²) in [5.74, 6) is 2.49. The van der Waals surface area contributed by atoms with Crippen molar-refractivity contribution in [3.8, 4) is 12.3 Å². The van der Waals surface area contributed by atoms with Crippen LogP contribution in [-0.2, 0) is 18.4 Å². The highest BCUT2D eigenvalue weighted by Gasteiger charge is 2.14. The first-order chi connectivity index (χ1) is 9.61. The van der Waals surface area contributed by atoms with Crippen molar-refractivity contribution in [2.45, 2.75) is 13.5 Å². The summed E-state index contributed by atoms with van der Waals surface area (Å²) in [5, 5.41) is 6.79. The molecule has 1 aromatic heterocycles. The zero-order valence-electron chi connectivity index (χ0n) is 11.4. The monoisotopic (exact) mass is 269 g/mol. The number of hydrogen-bond donors (Lipinski definition) is 1. The summed E-state index contributed by atoms with van der Waals surface area (Å²) in [6.07, 6.45) is 4.85. The molecule has 0 fully saturated rings. The standard InChI is InChI=1S/C15H15N3O2/c1-4-13-14(11(2)17-18(13)3)16-15(19)20-10-12-8-6-5-7-9-12/h1,5-9H,10H2,2-3H3,(H,16,19). The van der Waals surface area contributed by atoms with E-state index in [-0.39, 0.29) is 6.61 Å². The normalized spacial score (nSPS) is 9.85. The topological polar surface area (TPSA) is 56.1 Å². The van der Waals surface area contributed by atoms with E-state index in [2.05, 4.69) is 16.3 Å². The van der Waals surface area contributed by atoms with Gasteiger partial charge in [0.15, 0.2) is 0 Å². The van der Waals surface area contributed by atoms with Crippen molar-refractivity contribution in [3.05, 3.63) is 47.3 Å². The number of carbonyl (C=O) groups excluding carboxylic acids is 1. The van der Waals surface area contributed by atoms with Crippen LogP contribution >= 0.6 is 0 Å². The van der Waals surface area contributed by atoms with Gasteiger partial charge in [-0.2, -0.15) is 5.10 Å². The molecule has 0 bridgehead atoms. The van der Waals surface area contributed by atoms with Crippen LogP contribution < -0.4 is 5.32 Å². The first-order valence-electron chi connectivity index (χ1n) is 6.09. The van der Waals surface area contributed by atoms with Gasteiger partial charge in [-0.05, 0) is 18.4 Å². The number of amides is 1. The summed E-state index contributed by atoms with van der Waals surface area (Å²) in [5.41, 5.74) is 2.59. The summed E-state index contributed by atoms with van der Waals surface area (Å²) >= 11 is 0. The Labute approximate surface area is 117 Å². The molecule has 1 amide bonds. The minimum absolute atomic E-state index is 0.206. The minimum atomic E-state index is -0.554. The van der Waals surface area contributed by atoms with Gasteiger partial charge in [0.05, 0.1) is 5.69 Å². The second-order valence-electron chi connectivity index (χ2n) is 4.26. The molecular weight excluding hydrogens is 254 g/mol. The van der Waals surface area contributed by atoms with Gasteiger partial charge >= 0.3 is 6.09 Å². The summed E-state index contributed by atoms with van der Waals surface area (Å²) in [6, 6.07) is 9.45. The fourth-order valence-corrected chi connectivity index (χ4v) is 1.83. The van der Waals surface area contributed by atoms with E-state index in [1.807, 2.05) is 30.3 Å². The molecule has 1 N–H and O–H groups in total. The molecule has 0 spiro atoms. The van der Waals surface area contributed by atoms with Gasteiger partial charge in [0.2, 0.25) is 0 Å². The third-order valence-corrected chi connectivity index (χ3v) is 2.80. The second kappa shape index (κ2) is 5.93. The number of rotatable bonds is 3. The highest BCUT2D eigenvalue weighted by Crippen LogP contribution is 2.18. The number of anilines is 1. The Balaban J connectivity index is 2.01. The lowest BCUT2D eigenvalue weighted by molar-refractivity contribution is 0.155. The lowest BCUT2D eigenvalue weighted by atomic mass is 10.2. The number of terminal acetylenes is 1. The van der Waals surface area contributed by atoms with Crippen molar-refractivity contribution in [2.75, 3.05) is 5.32 Å². The van der Waals surface area contributed by atoms with E-state index >= 15 is 0 Å². The Bertz CT molecular complexity index is 654. The van der Waals surface area contributed by atoms with Gasteiger partial charge in [0.1, 0.15) is 18.0 Å². The minimum Gasteiger partial charge on any atom is -0.444 e. The number of benzene rings is 1. The van der Waals surface area contributed by atoms with Crippen LogP contribution in [0.5, 0.6) is 0 Å². The second-order valence-corrected chi connectivity index (χ2v) is 4.26. The van der Waals surface area contributed by atoms with Crippen LogP contribution in [0.15, 0.2) is 30.3 Å². The third-order valence-electron chi connectivity index (χ3n) is 2.80. The Morgan fingerprint density at radius 3 is 2.80 bits per heavy atom. The van der Waals surface area contributed by atoms with E-state index in [4.69, 9.17) is 11.2 Å². The van der Waals surface area contributed by atoms with Crippen LogP contribution in [0.4, 0.5) is 10.5 Å². The van der Waals surface area contributed by atoms with E-state index in [0.717, 1.165) is 5.56 Å². The molecule has 1 aromatic carbocycles. The number of aryl methyl sites for hydroxylation is 2. The fourth-order valence-electron chi connectivity index (χ4n) is 1.83. The Morgan fingerprint density at radius 1 is 1.45 bits per heavy atom. The van der Waals surface area contributed by atoms with Gasteiger partial charge in [-0.3, -0.25) is 10.00 Å². The average Bonchev–Trinajstić information content (AvgIpc) is 2.71. The number of carbonyl (C=O) groups is 1. The van der Waals surface area contributed by atoms with Crippen molar-refractivity contribution in [2.24, 2.45) is 7.05 Å². The number of nitrogens with zero attached hydrogens (tertiary/aromatic N) is 2. The molecule has 0 unspecified atom stereocenters. The molecule has 2 aromatic rings.